The van der Waals surface area contributed by atoms with Crippen molar-refractivity contribution in [1.82, 2.24) is 14.7 Å². The molecule has 0 spiro atoms. The lowest BCUT2D eigenvalue weighted by Crippen LogP contribution is -2.20. The van der Waals surface area contributed by atoms with Crippen LogP contribution in [0.1, 0.15) is 20.9 Å². The molecule has 2 rings (SSSR count). The molecule has 0 fully saturated rings. The third kappa shape index (κ3) is 3.43. The smallest absolute Gasteiger partial charge is 0.339 e. The van der Waals surface area contributed by atoms with E-state index in [2.05, 4.69) is 32.0 Å². The van der Waals surface area contributed by atoms with Crippen LogP contribution in [0.2, 0.25) is 0 Å². The van der Waals surface area contributed by atoms with Crippen LogP contribution < -0.4 is 0 Å². The third-order valence-corrected chi connectivity index (χ3v) is 4.44. The highest BCUT2D eigenvalue weighted by molar-refractivity contribution is 9.10. The predicted octanol–water partition coefficient (Wildman–Crippen LogP) is 2.57. The predicted molar refractivity (Wildman–Crippen MR) is 77.4 cm³/mol. The Morgan fingerprint density at radius 3 is 2.89 bits per heavy atom. The van der Waals surface area contributed by atoms with Crippen molar-refractivity contribution in [2.24, 2.45) is 7.05 Å². The Hall–Kier alpha value is -1.18. The Kier molecular flexibility index (Phi) is 4.38. The number of thiophene rings is 1. The summed E-state index contributed by atoms with van der Waals surface area (Å²) in [5.41, 5.74) is 0.979. The summed E-state index contributed by atoms with van der Waals surface area (Å²) >= 11 is 5.10. The minimum atomic E-state index is -0.935. The van der Waals surface area contributed by atoms with E-state index in [9.17, 15) is 4.79 Å². The summed E-state index contributed by atoms with van der Waals surface area (Å²) in [7, 11) is 3.73. The highest BCUT2D eigenvalue weighted by Gasteiger charge is 2.16. The molecule has 0 bridgehead atoms. The topological polar surface area (TPSA) is 58.4 Å². The van der Waals surface area contributed by atoms with Crippen molar-refractivity contribution in [3.05, 3.63) is 38.3 Å². The van der Waals surface area contributed by atoms with Crippen molar-refractivity contribution in [3.63, 3.8) is 0 Å². The van der Waals surface area contributed by atoms with Crippen molar-refractivity contribution in [2.75, 3.05) is 7.05 Å². The maximum Gasteiger partial charge on any atom is 0.339 e. The first kappa shape index (κ1) is 14.2. The van der Waals surface area contributed by atoms with E-state index < -0.39 is 5.97 Å². The molecule has 0 saturated carbocycles. The molecule has 0 aliphatic carbocycles. The number of aromatic nitrogens is 2. The van der Waals surface area contributed by atoms with Gasteiger partial charge in [-0.2, -0.15) is 5.10 Å². The average molecular weight is 344 g/mol. The number of carboxylic acids is 1. The third-order valence-electron chi connectivity index (χ3n) is 2.76. The van der Waals surface area contributed by atoms with Gasteiger partial charge in [0.2, 0.25) is 0 Å². The van der Waals surface area contributed by atoms with E-state index in [4.69, 9.17) is 5.11 Å². The Labute approximate surface area is 123 Å². The lowest BCUT2D eigenvalue weighted by molar-refractivity contribution is 0.0694. The standard InChI is InChI=1S/C12H14BrN3O2S/c1-15(5-9-3-8(13)7-19-9)6-11-10(12(17)18)4-14-16(11)2/h3-4,7H,5-6H2,1-2H3,(H,17,18). The van der Waals surface area contributed by atoms with Gasteiger partial charge in [-0.15, -0.1) is 11.3 Å². The van der Waals surface area contributed by atoms with Crippen LogP contribution in [0.3, 0.4) is 0 Å². The summed E-state index contributed by atoms with van der Waals surface area (Å²) in [5, 5.41) is 15.2. The number of aryl methyl sites for hydroxylation is 1. The van der Waals surface area contributed by atoms with Crippen LogP contribution in [0.5, 0.6) is 0 Å². The van der Waals surface area contributed by atoms with E-state index in [-0.39, 0.29) is 5.56 Å². The number of hydrogen-bond acceptors (Lipinski definition) is 4. The second-order valence-electron chi connectivity index (χ2n) is 4.34. The normalized spacial score (nSPS) is 11.2. The van der Waals surface area contributed by atoms with Crippen molar-refractivity contribution in [2.45, 2.75) is 13.1 Å². The van der Waals surface area contributed by atoms with Crippen molar-refractivity contribution in [1.29, 1.82) is 0 Å². The zero-order valence-electron chi connectivity index (χ0n) is 10.6. The Bertz CT molecular complexity index is 594. The molecule has 0 amide bonds. The number of hydrogen-bond donors (Lipinski definition) is 1. The van der Waals surface area contributed by atoms with Gasteiger partial charge in [-0.3, -0.25) is 9.58 Å². The lowest BCUT2D eigenvalue weighted by atomic mass is 10.2. The van der Waals surface area contributed by atoms with Gasteiger partial charge >= 0.3 is 5.97 Å². The van der Waals surface area contributed by atoms with Gasteiger partial charge in [0.15, 0.2) is 0 Å². The molecule has 7 heteroatoms. The van der Waals surface area contributed by atoms with Gasteiger partial charge in [0.25, 0.3) is 0 Å². The molecule has 2 aromatic heterocycles. The van der Waals surface area contributed by atoms with Crippen molar-refractivity contribution < 1.29 is 9.90 Å². The van der Waals surface area contributed by atoms with Crippen LogP contribution in [0, 0.1) is 0 Å². The number of carboxylic acid groups (broad SMARTS) is 1. The van der Waals surface area contributed by atoms with Gasteiger partial charge in [0.05, 0.1) is 11.9 Å². The highest BCUT2D eigenvalue weighted by atomic mass is 79.9. The van der Waals surface area contributed by atoms with Crippen LogP contribution in [0.25, 0.3) is 0 Å². The fourth-order valence-electron chi connectivity index (χ4n) is 1.84. The van der Waals surface area contributed by atoms with E-state index in [1.54, 1.807) is 23.1 Å². The van der Waals surface area contributed by atoms with Gasteiger partial charge in [0.1, 0.15) is 5.56 Å². The van der Waals surface area contributed by atoms with Gasteiger partial charge in [-0.25, -0.2) is 4.79 Å². The molecule has 0 saturated heterocycles. The second kappa shape index (κ2) is 5.85. The van der Waals surface area contributed by atoms with Crippen LogP contribution in [0.15, 0.2) is 22.1 Å². The zero-order valence-corrected chi connectivity index (χ0v) is 13.0. The molecule has 0 aliphatic rings. The number of carbonyl (C=O) groups is 1. The van der Waals surface area contributed by atoms with Crippen LogP contribution in [-0.4, -0.2) is 32.8 Å². The molecule has 2 heterocycles. The van der Waals surface area contributed by atoms with Gasteiger partial charge in [-0.1, -0.05) is 0 Å². The first-order valence-electron chi connectivity index (χ1n) is 5.63. The summed E-state index contributed by atoms with van der Waals surface area (Å²) in [6.07, 6.45) is 1.40. The molecule has 1 N–H and O–H groups in total. The number of rotatable bonds is 5. The number of nitrogens with zero attached hydrogens (tertiary/aromatic N) is 3. The maximum atomic E-state index is 11.1. The number of aromatic carboxylic acids is 1. The summed E-state index contributed by atoms with van der Waals surface area (Å²) in [4.78, 5) is 14.4. The molecule has 0 atom stereocenters. The van der Waals surface area contributed by atoms with Gasteiger partial charge in [-0.05, 0) is 29.0 Å². The summed E-state index contributed by atoms with van der Waals surface area (Å²) < 4.78 is 2.69. The van der Waals surface area contributed by atoms with E-state index in [1.165, 1.54) is 11.1 Å². The number of halogens is 1. The fraction of sp³-hybridized carbons (Fsp3) is 0.333. The van der Waals surface area contributed by atoms with Crippen LogP contribution in [-0.2, 0) is 20.1 Å². The largest absolute Gasteiger partial charge is 0.478 e. The van der Waals surface area contributed by atoms with E-state index in [0.29, 0.717) is 12.2 Å². The Morgan fingerprint density at radius 2 is 2.32 bits per heavy atom. The average Bonchev–Trinajstić information content (AvgIpc) is 2.87. The van der Waals surface area contributed by atoms with Crippen molar-refractivity contribution >= 4 is 33.2 Å². The lowest BCUT2D eigenvalue weighted by Gasteiger charge is -2.16. The fourth-order valence-corrected chi connectivity index (χ4v) is 3.37. The van der Waals surface area contributed by atoms with E-state index in [1.807, 2.05) is 12.4 Å². The first-order valence-corrected chi connectivity index (χ1v) is 7.30. The molecule has 0 aromatic carbocycles. The van der Waals surface area contributed by atoms with Gasteiger partial charge < -0.3 is 5.11 Å². The minimum absolute atomic E-state index is 0.265. The summed E-state index contributed by atoms with van der Waals surface area (Å²) in [6, 6.07) is 2.07. The van der Waals surface area contributed by atoms with E-state index in [0.717, 1.165) is 11.0 Å². The summed E-state index contributed by atoms with van der Waals surface area (Å²) in [6.45, 7) is 1.33. The second-order valence-corrected chi connectivity index (χ2v) is 6.25. The zero-order chi connectivity index (χ0) is 14.0. The van der Waals surface area contributed by atoms with Crippen LogP contribution >= 0.6 is 27.3 Å². The minimum Gasteiger partial charge on any atom is -0.478 e. The first-order chi connectivity index (χ1) is 8.97. The maximum absolute atomic E-state index is 11.1. The molecular formula is C12H14BrN3O2S. The molecule has 0 aliphatic heterocycles. The Balaban J connectivity index is 2.08. The molecule has 2 aromatic rings. The van der Waals surface area contributed by atoms with Gasteiger partial charge in [0, 0.05) is 34.9 Å². The molecule has 19 heavy (non-hydrogen) atoms. The Morgan fingerprint density at radius 1 is 1.58 bits per heavy atom. The molecule has 5 nitrogen and oxygen atoms in total. The molecule has 102 valence electrons. The SMILES string of the molecule is CN(Cc1cc(Br)cs1)Cc1c(C(=O)O)cnn1C. The van der Waals surface area contributed by atoms with Crippen LogP contribution in [0.4, 0.5) is 0 Å². The summed E-state index contributed by atoms with van der Waals surface area (Å²) in [5.74, 6) is -0.935. The molecule has 0 radical (unpaired) electrons. The highest BCUT2D eigenvalue weighted by Crippen LogP contribution is 2.21. The molecule has 0 unspecified atom stereocenters. The van der Waals surface area contributed by atoms with Crippen molar-refractivity contribution in [3.8, 4) is 0 Å². The molecular weight excluding hydrogens is 330 g/mol. The quantitative estimate of drug-likeness (QED) is 0.906. The monoisotopic (exact) mass is 343 g/mol. The van der Waals surface area contributed by atoms with E-state index >= 15 is 0 Å².